The molecule has 0 saturated carbocycles. The van der Waals surface area contributed by atoms with Gasteiger partial charge in [0.1, 0.15) is 0 Å². The van der Waals surface area contributed by atoms with Gasteiger partial charge in [-0.15, -0.1) is 0 Å². The van der Waals surface area contributed by atoms with E-state index in [2.05, 4.69) is 27.0 Å². The van der Waals surface area contributed by atoms with Crippen LogP contribution in [0.4, 0.5) is 0 Å². The van der Waals surface area contributed by atoms with Crippen LogP contribution >= 0.6 is 15.9 Å². The van der Waals surface area contributed by atoms with Gasteiger partial charge >= 0.3 is 5.97 Å². The zero-order chi connectivity index (χ0) is 12.3. The summed E-state index contributed by atoms with van der Waals surface area (Å²) in [4.78, 5) is 14.8. The maximum absolute atomic E-state index is 10.4. The fraction of sp³-hybridized carbons (Fsp3) is 0.231. The zero-order valence-electron chi connectivity index (χ0n) is 9.19. The fourth-order valence-electron chi connectivity index (χ4n) is 1.75. The van der Waals surface area contributed by atoms with E-state index in [0.29, 0.717) is 6.42 Å². The molecule has 0 aliphatic carbocycles. The topological polar surface area (TPSA) is 50.2 Å². The number of aliphatic carboxylic acids is 1. The van der Waals surface area contributed by atoms with Crippen LogP contribution in [0.15, 0.2) is 34.9 Å². The Kier molecular flexibility index (Phi) is 3.74. The molecule has 4 heteroatoms. The molecule has 0 fully saturated rings. The SMILES string of the molecule is O=C(O)CCCc1cnc2c(Br)cccc2c1. The molecule has 0 radical (unpaired) electrons. The van der Waals surface area contributed by atoms with Crippen LogP contribution in [0.3, 0.4) is 0 Å². The largest absolute Gasteiger partial charge is 0.481 e. The third kappa shape index (κ3) is 3.03. The Hall–Kier alpha value is -1.42. The third-order valence-electron chi connectivity index (χ3n) is 2.57. The summed E-state index contributed by atoms with van der Waals surface area (Å²) in [6.07, 6.45) is 3.42. The van der Waals surface area contributed by atoms with Crippen molar-refractivity contribution in [3.05, 3.63) is 40.5 Å². The summed E-state index contributed by atoms with van der Waals surface area (Å²) >= 11 is 3.45. The van der Waals surface area contributed by atoms with Gasteiger partial charge in [0.25, 0.3) is 0 Å². The van der Waals surface area contributed by atoms with E-state index < -0.39 is 5.97 Å². The molecule has 1 aromatic carbocycles. The summed E-state index contributed by atoms with van der Waals surface area (Å²) in [5.41, 5.74) is 2.02. The first-order chi connectivity index (χ1) is 8.16. The van der Waals surface area contributed by atoms with Gasteiger partial charge in [-0.2, -0.15) is 0 Å². The standard InChI is InChI=1S/C13H12BrNO2/c14-11-5-2-4-10-7-9(8-15-13(10)11)3-1-6-12(16)17/h2,4-5,7-8H,1,3,6H2,(H,16,17). The lowest BCUT2D eigenvalue weighted by molar-refractivity contribution is -0.137. The van der Waals surface area contributed by atoms with Crippen LogP contribution in [0, 0.1) is 0 Å². The van der Waals surface area contributed by atoms with Crippen molar-refractivity contribution in [2.45, 2.75) is 19.3 Å². The van der Waals surface area contributed by atoms with Crippen molar-refractivity contribution in [3.63, 3.8) is 0 Å². The summed E-state index contributed by atoms with van der Waals surface area (Å²) in [6.45, 7) is 0. The quantitative estimate of drug-likeness (QED) is 0.940. The Bertz CT molecular complexity index is 554. The summed E-state index contributed by atoms with van der Waals surface area (Å²) in [5.74, 6) is -0.749. The number of para-hydroxylation sites is 1. The van der Waals surface area contributed by atoms with Crippen molar-refractivity contribution < 1.29 is 9.90 Å². The van der Waals surface area contributed by atoms with E-state index in [1.54, 1.807) is 0 Å². The minimum atomic E-state index is -0.749. The zero-order valence-corrected chi connectivity index (χ0v) is 10.8. The van der Waals surface area contributed by atoms with E-state index in [1.807, 2.05) is 24.4 Å². The molecule has 3 nitrogen and oxygen atoms in total. The lowest BCUT2D eigenvalue weighted by atomic mass is 10.1. The molecule has 88 valence electrons. The minimum absolute atomic E-state index is 0.205. The van der Waals surface area contributed by atoms with Crippen molar-refractivity contribution in [2.24, 2.45) is 0 Å². The number of aromatic nitrogens is 1. The van der Waals surface area contributed by atoms with Gasteiger partial charge in [-0.3, -0.25) is 9.78 Å². The van der Waals surface area contributed by atoms with E-state index in [9.17, 15) is 4.79 Å². The van der Waals surface area contributed by atoms with Crippen LogP contribution in [-0.4, -0.2) is 16.1 Å². The highest BCUT2D eigenvalue weighted by atomic mass is 79.9. The van der Waals surface area contributed by atoms with Crippen LogP contribution in [0.5, 0.6) is 0 Å². The van der Waals surface area contributed by atoms with Gasteiger partial charge < -0.3 is 5.11 Å². The fourth-order valence-corrected chi connectivity index (χ4v) is 2.23. The highest BCUT2D eigenvalue weighted by molar-refractivity contribution is 9.10. The molecule has 0 amide bonds. The van der Waals surface area contributed by atoms with Gasteiger partial charge in [0.05, 0.1) is 5.52 Å². The number of benzene rings is 1. The van der Waals surface area contributed by atoms with Crippen molar-refractivity contribution in [3.8, 4) is 0 Å². The van der Waals surface area contributed by atoms with Gasteiger partial charge in [-0.05, 0) is 46.5 Å². The van der Waals surface area contributed by atoms with E-state index in [1.165, 1.54) is 0 Å². The highest BCUT2D eigenvalue weighted by Gasteiger charge is 2.02. The van der Waals surface area contributed by atoms with Crippen molar-refractivity contribution in [2.75, 3.05) is 0 Å². The summed E-state index contributed by atoms with van der Waals surface area (Å²) in [7, 11) is 0. The molecule has 0 atom stereocenters. The Labute approximate surface area is 108 Å². The van der Waals surface area contributed by atoms with Crippen molar-refractivity contribution >= 4 is 32.8 Å². The number of halogens is 1. The average molecular weight is 294 g/mol. The number of hydrogen-bond acceptors (Lipinski definition) is 2. The predicted octanol–water partition coefficient (Wildman–Crippen LogP) is 3.40. The number of nitrogens with zero attached hydrogens (tertiary/aromatic N) is 1. The van der Waals surface area contributed by atoms with Crippen LogP contribution in [0.1, 0.15) is 18.4 Å². The first-order valence-corrected chi connectivity index (χ1v) is 6.21. The molecule has 0 spiro atoms. The molecule has 0 unspecified atom stereocenters. The molecule has 1 aromatic heterocycles. The monoisotopic (exact) mass is 293 g/mol. The number of aryl methyl sites for hydroxylation is 1. The molecule has 0 saturated heterocycles. The Morgan fingerprint density at radius 2 is 2.24 bits per heavy atom. The second-order valence-electron chi connectivity index (χ2n) is 3.90. The maximum atomic E-state index is 10.4. The number of carbonyl (C=O) groups is 1. The number of carboxylic acid groups (broad SMARTS) is 1. The second kappa shape index (κ2) is 5.27. The van der Waals surface area contributed by atoms with Crippen molar-refractivity contribution in [1.29, 1.82) is 0 Å². The summed E-state index contributed by atoms with van der Waals surface area (Å²) in [6, 6.07) is 8.00. The van der Waals surface area contributed by atoms with E-state index in [4.69, 9.17) is 5.11 Å². The van der Waals surface area contributed by atoms with Gasteiger partial charge in [0.2, 0.25) is 0 Å². The average Bonchev–Trinajstić information content (AvgIpc) is 2.29. The molecule has 0 bridgehead atoms. The Morgan fingerprint density at radius 3 is 3.00 bits per heavy atom. The van der Waals surface area contributed by atoms with Crippen LogP contribution in [0.25, 0.3) is 10.9 Å². The first kappa shape index (κ1) is 12.0. The molecular formula is C13H12BrNO2. The molecule has 1 N–H and O–H groups in total. The predicted molar refractivity (Wildman–Crippen MR) is 70.0 cm³/mol. The van der Waals surface area contributed by atoms with Gasteiger partial charge in [-0.25, -0.2) is 0 Å². The van der Waals surface area contributed by atoms with Gasteiger partial charge in [0, 0.05) is 22.5 Å². The molecule has 17 heavy (non-hydrogen) atoms. The number of carboxylic acids is 1. The number of rotatable bonds is 4. The Balaban J connectivity index is 2.17. The highest BCUT2D eigenvalue weighted by Crippen LogP contribution is 2.22. The van der Waals surface area contributed by atoms with E-state index >= 15 is 0 Å². The maximum Gasteiger partial charge on any atom is 0.303 e. The lowest BCUT2D eigenvalue weighted by Gasteiger charge is -2.03. The minimum Gasteiger partial charge on any atom is -0.481 e. The van der Waals surface area contributed by atoms with Gasteiger partial charge in [-0.1, -0.05) is 12.1 Å². The van der Waals surface area contributed by atoms with Crippen LogP contribution in [-0.2, 0) is 11.2 Å². The molecule has 0 aliphatic rings. The first-order valence-electron chi connectivity index (χ1n) is 5.42. The Morgan fingerprint density at radius 1 is 1.41 bits per heavy atom. The van der Waals surface area contributed by atoms with Crippen molar-refractivity contribution in [1.82, 2.24) is 4.98 Å². The molecule has 0 aliphatic heterocycles. The van der Waals surface area contributed by atoms with Crippen LogP contribution in [0.2, 0.25) is 0 Å². The lowest BCUT2D eigenvalue weighted by Crippen LogP contribution is -1.96. The van der Waals surface area contributed by atoms with Crippen LogP contribution < -0.4 is 0 Å². The normalized spacial score (nSPS) is 10.6. The molecular weight excluding hydrogens is 282 g/mol. The molecule has 2 rings (SSSR count). The number of hydrogen-bond donors (Lipinski definition) is 1. The second-order valence-corrected chi connectivity index (χ2v) is 4.76. The number of pyridine rings is 1. The van der Waals surface area contributed by atoms with Gasteiger partial charge in [0.15, 0.2) is 0 Å². The summed E-state index contributed by atoms with van der Waals surface area (Å²) < 4.78 is 0.979. The van der Waals surface area contributed by atoms with E-state index in [-0.39, 0.29) is 6.42 Å². The smallest absolute Gasteiger partial charge is 0.303 e. The molecule has 2 aromatic rings. The number of fused-ring (bicyclic) bond motifs is 1. The molecule has 1 heterocycles. The third-order valence-corrected chi connectivity index (χ3v) is 3.21. The summed E-state index contributed by atoms with van der Waals surface area (Å²) in [5, 5.41) is 9.65. The van der Waals surface area contributed by atoms with E-state index in [0.717, 1.165) is 27.4 Å².